The van der Waals surface area contributed by atoms with Crippen LogP contribution in [0.4, 0.5) is 4.39 Å². The Kier molecular flexibility index (Phi) is 4.07. The van der Waals surface area contributed by atoms with Gasteiger partial charge in [-0.25, -0.2) is 4.39 Å². The van der Waals surface area contributed by atoms with Crippen molar-refractivity contribution in [2.45, 2.75) is 0 Å². The minimum Gasteiger partial charge on any atom is -0.455 e. The molecule has 3 N–H and O–H groups in total. The fourth-order valence-electron chi connectivity index (χ4n) is 1.53. The van der Waals surface area contributed by atoms with E-state index in [2.05, 4.69) is 15.9 Å². The first-order chi connectivity index (χ1) is 8.99. The summed E-state index contributed by atoms with van der Waals surface area (Å²) in [5, 5.41) is 7.94. The Labute approximate surface area is 122 Å². The third-order valence-electron chi connectivity index (χ3n) is 2.36. The van der Waals surface area contributed by atoms with Gasteiger partial charge in [0.15, 0.2) is 0 Å². The Morgan fingerprint density at radius 2 is 2.00 bits per heavy atom. The molecule has 0 bridgehead atoms. The summed E-state index contributed by atoms with van der Waals surface area (Å²) < 4.78 is 19.8. The van der Waals surface area contributed by atoms with E-state index in [1.807, 2.05) is 0 Å². The number of nitrogens with one attached hydrogen (secondary N) is 1. The fourth-order valence-corrected chi connectivity index (χ4v) is 2.29. The van der Waals surface area contributed by atoms with Crippen LogP contribution in [0, 0.1) is 11.2 Å². The molecule has 3 nitrogen and oxygen atoms in total. The van der Waals surface area contributed by atoms with E-state index in [1.165, 1.54) is 12.1 Å². The lowest BCUT2D eigenvalue weighted by Crippen LogP contribution is -2.14. The van der Waals surface area contributed by atoms with Gasteiger partial charge in [0.1, 0.15) is 23.2 Å². The van der Waals surface area contributed by atoms with E-state index in [1.54, 1.807) is 24.3 Å². The summed E-state index contributed by atoms with van der Waals surface area (Å²) in [6, 6.07) is 9.20. The zero-order chi connectivity index (χ0) is 14.0. The third kappa shape index (κ3) is 3.05. The Hall–Kier alpha value is -1.59. The first-order valence-electron chi connectivity index (χ1n) is 5.25. The molecule has 19 heavy (non-hydrogen) atoms. The largest absolute Gasteiger partial charge is 0.455 e. The maximum Gasteiger partial charge on any atom is 0.141 e. The molecule has 0 saturated heterocycles. The maximum absolute atomic E-state index is 13.6. The summed E-state index contributed by atoms with van der Waals surface area (Å²) in [5.74, 6) is -0.360. The van der Waals surface area contributed by atoms with Crippen molar-refractivity contribution in [2.75, 3.05) is 0 Å². The van der Waals surface area contributed by atoms with Gasteiger partial charge in [-0.15, -0.1) is 0 Å². The molecule has 0 aliphatic heterocycles. The highest BCUT2D eigenvalue weighted by Crippen LogP contribution is 2.33. The Morgan fingerprint density at radius 1 is 1.26 bits per heavy atom. The second-order valence-corrected chi connectivity index (χ2v) is 4.99. The Balaban J connectivity index is 2.44. The number of halogens is 3. The zero-order valence-electron chi connectivity index (χ0n) is 9.58. The van der Waals surface area contributed by atoms with Crippen LogP contribution < -0.4 is 10.5 Å². The predicted octanol–water partition coefficient (Wildman–Crippen LogP) is 4.32. The van der Waals surface area contributed by atoms with Crippen molar-refractivity contribution in [1.29, 1.82) is 5.41 Å². The number of hydrogen-bond donors (Lipinski definition) is 2. The van der Waals surface area contributed by atoms with E-state index in [0.29, 0.717) is 15.2 Å². The smallest absolute Gasteiger partial charge is 0.141 e. The number of rotatable bonds is 3. The van der Waals surface area contributed by atoms with E-state index in [9.17, 15) is 4.39 Å². The molecule has 0 atom stereocenters. The summed E-state index contributed by atoms with van der Waals surface area (Å²) in [4.78, 5) is 0. The van der Waals surface area contributed by atoms with Crippen LogP contribution in [0.5, 0.6) is 11.5 Å². The van der Waals surface area contributed by atoms with Gasteiger partial charge in [-0.3, -0.25) is 5.41 Å². The van der Waals surface area contributed by atoms with Crippen LogP contribution in [0.25, 0.3) is 0 Å². The molecule has 0 aromatic heterocycles. The molecular weight excluding hydrogens is 335 g/mol. The van der Waals surface area contributed by atoms with Crippen molar-refractivity contribution >= 4 is 33.4 Å². The number of ether oxygens (including phenoxy) is 1. The predicted molar refractivity (Wildman–Crippen MR) is 76.6 cm³/mol. The average molecular weight is 344 g/mol. The van der Waals surface area contributed by atoms with Gasteiger partial charge in [0, 0.05) is 5.02 Å². The average Bonchev–Trinajstić information content (AvgIpc) is 2.32. The molecule has 0 spiro atoms. The van der Waals surface area contributed by atoms with Gasteiger partial charge in [0.05, 0.1) is 10.0 Å². The molecule has 6 heteroatoms. The number of nitrogens with two attached hydrogens (primary N) is 1. The maximum atomic E-state index is 13.6. The standard InChI is InChI=1S/C13H9BrClFN2O/c14-8-6-7(15)4-5-10(8)19-11-3-1-2-9(16)12(11)13(17)18/h1-6H,(H3,17,18). The normalized spacial score (nSPS) is 10.3. The van der Waals surface area contributed by atoms with E-state index >= 15 is 0 Å². The second kappa shape index (κ2) is 5.59. The topological polar surface area (TPSA) is 59.1 Å². The van der Waals surface area contributed by atoms with Gasteiger partial charge in [0.25, 0.3) is 0 Å². The second-order valence-electron chi connectivity index (χ2n) is 3.70. The highest BCUT2D eigenvalue weighted by Gasteiger charge is 2.14. The summed E-state index contributed by atoms with van der Waals surface area (Å²) in [5.41, 5.74) is 5.30. The van der Waals surface area contributed by atoms with Gasteiger partial charge in [-0.1, -0.05) is 17.7 Å². The minimum absolute atomic E-state index is 0.0654. The quantitative estimate of drug-likeness (QED) is 0.644. The lowest BCUT2D eigenvalue weighted by Gasteiger charge is -2.12. The van der Waals surface area contributed by atoms with Crippen LogP contribution >= 0.6 is 27.5 Å². The highest BCUT2D eigenvalue weighted by molar-refractivity contribution is 9.10. The first-order valence-corrected chi connectivity index (χ1v) is 6.42. The number of nitrogen functional groups attached to an aromatic ring is 1. The van der Waals surface area contributed by atoms with Crippen molar-refractivity contribution in [3.05, 3.63) is 57.3 Å². The fraction of sp³-hybridized carbons (Fsp3) is 0. The Bertz CT molecular complexity index is 649. The van der Waals surface area contributed by atoms with Crippen molar-refractivity contribution in [3.63, 3.8) is 0 Å². The van der Waals surface area contributed by atoms with Gasteiger partial charge in [0.2, 0.25) is 0 Å². The first kappa shape index (κ1) is 13.8. The van der Waals surface area contributed by atoms with Gasteiger partial charge < -0.3 is 10.5 Å². The molecule has 0 heterocycles. The number of amidine groups is 1. The molecule has 0 fully saturated rings. The molecule has 0 aliphatic rings. The van der Waals surface area contributed by atoms with E-state index < -0.39 is 11.7 Å². The van der Waals surface area contributed by atoms with Crippen molar-refractivity contribution in [1.82, 2.24) is 0 Å². The zero-order valence-corrected chi connectivity index (χ0v) is 11.9. The van der Waals surface area contributed by atoms with Gasteiger partial charge in [-0.05, 0) is 46.3 Å². The van der Waals surface area contributed by atoms with E-state index in [0.717, 1.165) is 0 Å². The van der Waals surface area contributed by atoms with Crippen molar-refractivity contribution in [3.8, 4) is 11.5 Å². The van der Waals surface area contributed by atoms with E-state index in [-0.39, 0.29) is 11.3 Å². The molecule has 2 aromatic rings. The van der Waals surface area contributed by atoms with Crippen LogP contribution in [0.1, 0.15) is 5.56 Å². The van der Waals surface area contributed by atoms with Crippen LogP contribution in [0.2, 0.25) is 5.02 Å². The molecule has 0 aliphatic carbocycles. The van der Waals surface area contributed by atoms with Crippen molar-refractivity contribution in [2.24, 2.45) is 5.73 Å². The highest BCUT2D eigenvalue weighted by atomic mass is 79.9. The monoisotopic (exact) mass is 342 g/mol. The lowest BCUT2D eigenvalue weighted by molar-refractivity contribution is 0.472. The molecule has 0 unspecified atom stereocenters. The summed E-state index contributed by atoms with van der Waals surface area (Å²) in [6.45, 7) is 0. The number of benzene rings is 2. The molecule has 0 radical (unpaired) electrons. The number of hydrogen-bond acceptors (Lipinski definition) is 2. The van der Waals surface area contributed by atoms with Gasteiger partial charge >= 0.3 is 0 Å². The van der Waals surface area contributed by atoms with Crippen LogP contribution in [-0.4, -0.2) is 5.84 Å². The summed E-state index contributed by atoms with van der Waals surface area (Å²) in [7, 11) is 0. The van der Waals surface area contributed by atoms with Crippen LogP contribution in [-0.2, 0) is 0 Å². The molecule has 0 saturated carbocycles. The van der Waals surface area contributed by atoms with Crippen LogP contribution in [0.3, 0.4) is 0 Å². The molecular formula is C13H9BrClFN2O. The lowest BCUT2D eigenvalue weighted by atomic mass is 10.1. The molecule has 0 amide bonds. The summed E-state index contributed by atoms with van der Waals surface area (Å²) >= 11 is 9.12. The SMILES string of the molecule is N=C(N)c1c(F)cccc1Oc1ccc(Cl)cc1Br. The van der Waals surface area contributed by atoms with Gasteiger partial charge in [-0.2, -0.15) is 0 Å². The summed E-state index contributed by atoms with van der Waals surface area (Å²) in [6.07, 6.45) is 0. The third-order valence-corrected chi connectivity index (χ3v) is 3.21. The molecule has 2 rings (SSSR count). The van der Waals surface area contributed by atoms with Crippen molar-refractivity contribution < 1.29 is 9.13 Å². The van der Waals surface area contributed by atoms with Crippen LogP contribution in [0.15, 0.2) is 40.9 Å². The molecule has 2 aromatic carbocycles. The van der Waals surface area contributed by atoms with E-state index in [4.69, 9.17) is 27.5 Å². The Morgan fingerprint density at radius 3 is 2.63 bits per heavy atom. The minimum atomic E-state index is -0.602. The molecule has 98 valence electrons.